The zero-order valence-electron chi connectivity index (χ0n) is 37.4. The van der Waals surface area contributed by atoms with Gasteiger partial charge in [0.05, 0.1) is 0 Å². The number of rotatable bonds is 7. The first-order valence-corrected chi connectivity index (χ1v) is 23.6. The Morgan fingerprint density at radius 1 is 0.132 bits per heavy atom. The van der Waals surface area contributed by atoms with Gasteiger partial charge in [-0.05, 0) is 144 Å². The van der Waals surface area contributed by atoms with E-state index in [4.69, 9.17) is 0 Å². The fourth-order valence-corrected chi connectivity index (χ4v) is 10.8. The fourth-order valence-electron chi connectivity index (χ4n) is 10.8. The van der Waals surface area contributed by atoms with Crippen molar-refractivity contribution >= 4 is 53.9 Å². The molecule has 316 valence electrons. The molecule has 0 aliphatic rings. The van der Waals surface area contributed by atoms with Crippen LogP contribution in [0.15, 0.2) is 267 Å². The minimum atomic E-state index is 1.18. The van der Waals surface area contributed by atoms with E-state index in [0.717, 1.165) is 0 Å². The number of fused-ring (bicyclic) bond motifs is 5. The molecule has 0 spiro atoms. The molecule has 0 saturated carbocycles. The molecule has 0 N–H and O–H groups in total. The summed E-state index contributed by atoms with van der Waals surface area (Å²) in [5, 5.41) is 12.5. The van der Waals surface area contributed by atoms with Crippen LogP contribution < -0.4 is 0 Å². The van der Waals surface area contributed by atoms with Gasteiger partial charge in [0.15, 0.2) is 0 Å². The van der Waals surface area contributed by atoms with Gasteiger partial charge in [-0.3, -0.25) is 0 Å². The van der Waals surface area contributed by atoms with Crippen molar-refractivity contribution in [3.8, 4) is 77.9 Å². The SMILES string of the molecule is c1ccc(-c2ccc(-c3c4ccccc4c(-c4ccc(-c5ccccc5)cc4)c4cc(-c5ccc(-c6c7ccccc7c(-c7ccc8ccccc8c7)c7ccccc67)cc5)ccc34)cc2)cc1. The molecular weight excluding hydrogens is 817 g/mol. The standard InChI is InChI=1S/C68H44/c1-3-15-45(16-4-1)48-27-34-52(35-28-48)66-57-21-9-12-24-60(57)67(53-36-29-49(30-37-53)46-17-5-2-6-18-46)64-44-55(41-42-63(64)66)50-31-38-51(39-32-50)65-58-22-10-13-25-61(58)68(62-26-14-11-23-59(62)65)56-40-33-47-19-7-8-20-54(47)43-56/h1-44H. The maximum absolute atomic E-state index is 2.43. The van der Waals surface area contributed by atoms with E-state index in [1.54, 1.807) is 0 Å². The maximum Gasteiger partial charge on any atom is -0.00261 e. The van der Waals surface area contributed by atoms with Gasteiger partial charge in [0, 0.05) is 0 Å². The zero-order valence-corrected chi connectivity index (χ0v) is 37.4. The molecule has 0 atom stereocenters. The van der Waals surface area contributed by atoms with Crippen LogP contribution in [0, 0.1) is 0 Å². The monoisotopic (exact) mass is 860 g/mol. The van der Waals surface area contributed by atoms with Gasteiger partial charge in [-0.25, -0.2) is 0 Å². The molecule has 0 aliphatic heterocycles. The molecule has 0 fully saturated rings. The average Bonchev–Trinajstić information content (AvgIpc) is 3.42. The summed E-state index contributed by atoms with van der Waals surface area (Å²) in [7, 11) is 0. The van der Waals surface area contributed by atoms with Gasteiger partial charge < -0.3 is 0 Å². The number of benzene rings is 13. The van der Waals surface area contributed by atoms with Crippen LogP contribution in [0.25, 0.3) is 132 Å². The van der Waals surface area contributed by atoms with E-state index in [1.165, 1.54) is 132 Å². The molecule has 13 aromatic carbocycles. The van der Waals surface area contributed by atoms with Crippen LogP contribution >= 0.6 is 0 Å². The normalized spacial score (nSPS) is 11.5. The van der Waals surface area contributed by atoms with E-state index in [0.29, 0.717) is 0 Å². The summed E-state index contributed by atoms with van der Waals surface area (Å²) < 4.78 is 0. The van der Waals surface area contributed by atoms with Gasteiger partial charge in [0.25, 0.3) is 0 Å². The van der Waals surface area contributed by atoms with Crippen molar-refractivity contribution < 1.29 is 0 Å². The Bertz CT molecular complexity index is 3960. The van der Waals surface area contributed by atoms with Crippen LogP contribution in [0.5, 0.6) is 0 Å². The number of hydrogen-bond acceptors (Lipinski definition) is 0. The Hall–Kier alpha value is -8.84. The van der Waals surface area contributed by atoms with Crippen molar-refractivity contribution in [1.82, 2.24) is 0 Å². The highest BCUT2D eigenvalue weighted by Crippen LogP contribution is 2.47. The lowest BCUT2D eigenvalue weighted by atomic mass is 9.84. The molecule has 13 aromatic rings. The van der Waals surface area contributed by atoms with Crippen LogP contribution in [0.1, 0.15) is 0 Å². The van der Waals surface area contributed by atoms with Crippen LogP contribution in [-0.4, -0.2) is 0 Å². The Labute approximate surface area is 396 Å². The zero-order chi connectivity index (χ0) is 45.0. The topological polar surface area (TPSA) is 0 Å². The van der Waals surface area contributed by atoms with Crippen LogP contribution in [0.4, 0.5) is 0 Å². The molecule has 68 heavy (non-hydrogen) atoms. The van der Waals surface area contributed by atoms with Crippen molar-refractivity contribution in [1.29, 1.82) is 0 Å². The van der Waals surface area contributed by atoms with E-state index >= 15 is 0 Å². The first kappa shape index (κ1) is 39.5. The van der Waals surface area contributed by atoms with Crippen molar-refractivity contribution in [2.75, 3.05) is 0 Å². The van der Waals surface area contributed by atoms with Crippen molar-refractivity contribution in [2.24, 2.45) is 0 Å². The summed E-state index contributed by atoms with van der Waals surface area (Å²) >= 11 is 0. The Morgan fingerprint density at radius 2 is 0.412 bits per heavy atom. The molecular formula is C68H44. The first-order valence-electron chi connectivity index (χ1n) is 23.6. The van der Waals surface area contributed by atoms with Gasteiger partial charge in [0.1, 0.15) is 0 Å². The predicted octanol–water partition coefficient (Wildman–Crippen LogP) is 19.1. The second-order valence-corrected chi connectivity index (χ2v) is 17.9. The van der Waals surface area contributed by atoms with Crippen molar-refractivity contribution in [3.05, 3.63) is 267 Å². The number of hydrogen-bond donors (Lipinski definition) is 0. The summed E-state index contributed by atoms with van der Waals surface area (Å²) in [6.45, 7) is 0. The van der Waals surface area contributed by atoms with E-state index in [9.17, 15) is 0 Å². The quantitative estimate of drug-likeness (QED) is 0.140. The molecule has 0 aromatic heterocycles. The second kappa shape index (κ2) is 16.5. The smallest absolute Gasteiger partial charge is 0.00261 e. The van der Waals surface area contributed by atoms with Crippen LogP contribution in [0.3, 0.4) is 0 Å². The predicted molar refractivity (Wildman–Crippen MR) is 292 cm³/mol. The highest BCUT2D eigenvalue weighted by Gasteiger charge is 2.20. The summed E-state index contributed by atoms with van der Waals surface area (Å²) in [6, 6.07) is 98.3. The molecule has 0 heterocycles. The maximum atomic E-state index is 2.43. The minimum absolute atomic E-state index is 1.18. The summed E-state index contributed by atoms with van der Waals surface area (Å²) in [4.78, 5) is 0. The molecule has 0 bridgehead atoms. The summed E-state index contributed by atoms with van der Waals surface area (Å²) in [5.41, 5.74) is 17.1. The lowest BCUT2D eigenvalue weighted by Crippen LogP contribution is -1.92. The third-order valence-corrected chi connectivity index (χ3v) is 14.1. The molecule has 13 rings (SSSR count). The summed E-state index contributed by atoms with van der Waals surface area (Å²) in [6.07, 6.45) is 0. The Balaban J connectivity index is 0.972. The first-order chi connectivity index (χ1) is 33.7. The highest BCUT2D eigenvalue weighted by atomic mass is 14.2. The van der Waals surface area contributed by atoms with E-state index in [-0.39, 0.29) is 0 Å². The molecule has 0 aliphatic carbocycles. The Morgan fingerprint density at radius 3 is 0.853 bits per heavy atom. The van der Waals surface area contributed by atoms with Crippen LogP contribution in [0.2, 0.25) is 0 Å². The van der Waals surface area contributed by atoms with Gasteiger partial charge in [-0.1, -0.05) is 255 Å². The van der Waals surface area contributed by atoms with E-state index < -0.39 is 0 Å². The third-order valence-electron chi connectivity index (χ3n) is 14.1. The molecule has 0 unspecified atom stereocenters. The minimum Gasteiger partial charge on any atom is -0.0622 e. The van der Waals surface area contributed by atoms with Crippen molar-refractivity contribution in [2.45, 2.75) is 0 Å². The van der Waals surface area contributed by atoms with Gasteiger partial charge in [0.2, 0.25) is 0 Å². The second-order valence-electron chi connectivity index (χ2n) is 17.9. The lowest BCUT2D eigenvalue weighted by Gasteiger charge is -2.19. The Kier molecular flexibility index (Phi) is 9.62. The fraction of sp³-hybridized carbons (Fsp3) is 0. The highest BCUT2D eigenvalue weighted by molar-refractivity contribution is 6.23. The largest absolute Gasteiger partial charge is 0.0622 e. The van der Waals surface area contributed by atoms with Crippen LogP contribution in [-0.2, 0) is 0 Å². The van der Waals surface area contributed by atoms with Crippen molar-refractivity contribution in [3.63, 3.8) is 0 Å². The molecule has 0 amide bonds. The van der Waals surface area contributed by atoms with E-state index in [1.807, 2.05) is 0 Å². The van der Waals surface area contributed by atoms with Gasteiger partial charge in [-0.2, -0.15) is 0 Å². The average molecular weight is 861 g/mol. The summed E-state index contributed by atoms with van der Waals surface area (Å²) in [5.74, 6) is 0. The molecule has 0 saturated heterocycles. The molecule has 0 radical (unpaired) electrons. The third kappa shape index (κ3) is 6.77. The van der Waals surface area contributed by atoms with E-state index in [2.05, 4.69) is 267 Å². The molecule has 0 heteroatoms. The molecule has 0 nitrogen and oxygen atoms in total. The van der Waals surface area contributed by atoms with Gasteiger partial charge >= 0.3 is 0 Å². The lowest BCUT2D eigenvalue weighted by molar-refractivity contribution is 1.60. The van der Waals surface area contributed by atoms with Gasteiger partial charge in [-0.15, -0.1) is 0 Å².